The fourth-order valence-corrected chi connectivity index (χ4v) is 7.53. The van der Waals surface area contributed by atoms with E-state index in [1.54, 1.807) is 0 Å². The van der Waals surface area contributed by atoms with Crippen molar-refractivity contribution in [2.75, 3.05) is 11.1 Å². The Morgan fingerprint density at radius 1 is 0.642 bits per heavy atom. The molecule has 0 heterocycles. The Kier molecular flexibility index (Phi) is 17.4. The van der Waals surface area contributed by atoms with Crippen LogP contribution in [0.2, 0.25) is 0 Å². The van der Waals surface area contributed by atoms with Gasteiger partial charge in [-0.2, -0.15) is 33.7 Å². The van der Waals surface area contributed by atoms with Crippen molar-refractivity contribution in [3.63, 3.8) is 0 Å². The second-order valence-electron chi connectivity index (χ2n) is 10.1. The van der Waals surface area contributed by atoms with E-state index in [1.807, 2.05) is 0 Å². The van der Waals surface area contributed by atoms with Crippen LogP contribution in [0.5, 0.6) is 5.75 Å². The second-order valence-corrected chi connectivity index (χ2v) is 15.6. The summed E-state index contributed by atoms with van der Waals surface area (Å²) in [6.07, 6.45) is 0. The monoisotopic (exact) mass is 844 g/mol. The number of nitrogen functional groups attached to an aromatic ring is 1. The number of azo groups is 1. The number of hydrogen-bond acceptors (Lipinski definition) is 13. The molecule has 0 fully saturated rings. The summed E-state index contributed by atoms with van der Waals surface area (Å²) in [5.74, 6) is -2.06. The Morgan fingerprint density at radius 3 is 1.75 bits per heavy atom. The quantitative estimate of drug-likeness (QED) is 0.0511. The van der Waals surface area contributed by atoms with Gasteiger partial charge in [-0.05, 0) is 60.0 Å². The molecular formula is C27H20N4Na4O14S4. The Bertz CT molecular complexity index is 2730. The molecule has 0 aliphatic rings. The summed E-state index contributed by atoms with van der Waals surface area (Å²) in [4.78, 5) is 9.15. The average molecular weight is 845 g/mol. The molecule has 0 saturated heterocycles. The molecule has 0 atom stereocenters. The SMILES string of the molecule is Nc1ccc(C(=O)Nc2cc(S(=O)(=O)O)cc3cc(S(=O)(=O)O)c(N=Nc4ccc5c(S(=O)(=O)O)cccc5c4S(=O)(=O)O)c(O)c23)cc1.[Na].[Na].[Na].[Na]. The zero-order chi connectivity index (χ0) is 36.3. The number of phenols is 1. The Balaban J connectivity index is 0.00000351. The number of benzene rings is 5. The van der Waals surface area contributed by atoms with E-state index in [0.717, 1.165) is 30.3 Å². The van der Waals surface area contributed by atoms with Gasteiger partial charge in [-0.3, -0.25) is 23.0 Å². The number of phenolic OH excluding ortho intramolecular Hbond substituents is 1. The van der Waals surface area contributed by atoms with E-state index in [4.69, 9.17) is 5.73 Å². The van der Waals surface area contributed by atoms with Crippen molar-refractivity contribution in [3.05, 3.63) is 78.4 Å². The fraction of sp³-hybridized carbons (Fsp3) is 0. The van der Waals surface area contributed by atoms with Crippen LogP contribution in [-0.2, 0) is 40.5 Å². The molecule has 5 aromatic rings. The molecular weight excluding hydrogens is 825 g/mol. The molecule has 5 aromatic carbocycles. The number of nitrogens with two attached hydrogens (primary N) is 1. The normalized spacial score (nSPS) is 11.9. The number of hydrogen-bond donors (Lipinski definition) is 7. The number of anilines is 2. The van der Waals surface area contributed by atoms with Gasteiger partial charge in [-0.25, -0.2) is 0 Å². The second kappa shape index (κ2) is 18.5. The van der Waals surface area contributed by atoms with Gasteiger partial charge in [0.15, 0.2) is 5.75 Å². The molecule has 0 bridgehead atoms. The minimum atomic E-state index is -5.37. The van der Waals surface area contributed by atoms with Gasteiger partial charge < -0.3 is 16.2 Å². The van der Waals surface area contributed by atoms with Gasteiger partial charge in [0.25, 0.3) is 46.4 Å². The largest absolute Gasteiger partial charge is 0.505 e. The van der Waals surface area contributed by atoms with Crippen molar-refractivity contribution in [1.82, 2.24) is 0 Å². The van der Waals surface area contributed by atoms with Crippen LogP contribution in [0.3, 0.4) is 0 Å². The van der Waals surface area contributed by atoms with E-state index in [2.05, 4.69) is 15.5 Å². The first-order valence-electron chi connectivity index (χ1n) is 13.0. The van der Waals surface area contributed by atoms with E-state index in [-0.39, 0.29) is 129 Å². The number of aromatic hydroxyl groups is 1. The molecule has 260 valence electrons. The van der Waals surface area contributed by atoms with Gasteiger partial charge in [-0.1, -0.05) is 18.2 Å². The summed E-state index contributed by atoms with van der Waals surface area (Å²) < 4.78 is 137. The molecule has 0 saturated carbocycles. The fourth-order valence-electron chi connectivity index (χ4n) is 4.80. The number of carbonyl (C=O) groups is 1. The summed E-state index contributed by atoms with van der Waals surface area (Å²) in [6.45, 7) is 0. The standard InChI is InChI=1S/C27H20N4O14S4.4Na/c28-15-6-4-13(5-7-15)27(33)29-20-12-16(46(34,35)36)10-14-11-22(48(40,41)42)24(25(32)23(14)20)31-30-19-9-8-17-18(26(19)49(43,44)45)2-1-3-21(17)47(37,38)39;;;;/h1-12,32H,28H2,(H,29,33)(H,34,35,36)(H,37,38,39)(H,40,41,42)(H,43,44,45);;;;. The van der Waals surface area contributed by atoms with Gasteiger partial charge in [0.05, 0.1) is 10.6 Å². The predicted octanol–water partition coefficient (Wildman–Crippen LogP) is 2.41. The summed E-state index contributed by atoms with van der Waals surface area (Å²) in [5.41, 5.74) is 3.56. The van der Waals surface area contributed by atoms with Crippen LogP contribution >= 0.6 is 0 Å². The third kappa shape index (κ3) is 11.1. The van der Waals surface area contributed by atoms with Crippen molar-refractivity contribution in [2.24, 2.45) is 10.2 Å². The van der Waals surface area contributed by atoms with E-state index < -0.39 is 105 Å². The van der Waals surface area contributed by atoms with Crippen molar-refractivity contribution in [1.29, 1.82) is 0 Å². The first kappa shape index (κ1) is 49.9. The number of nitrogens with one attached hydrogen (secondary N) is 1. The number of rotatable bonds is 8. The van der Waals surface area contributed by atoms with Gasteiger partial charge in [-0.15, -0.1) is 10.2 Å². The van der Waals surface area contributed by atoms with E-state index in [1.165, 1.54) is 24.3 Å². The molecule has 8 N–H and O–H groups in total. The van der Waals surface area contributed by atoms with Crippen LogP contribution in [0.4, 0.5) is 22.7 Å². The molecule has 5 rings (SSSR count). The maximum absolute atomic E-state index is 13.0. The topological polar surface area (TPSA) is 318 Å². The van der Waals surface area contributed by atoms with Crippen molar-refractivity contribution < 1.29 is 61.8 Å². The van der Waals surface area contributed by atoms with Crippen molar-refractivity contribution >= 4 is 209 Å². The van der Waals surface area contributed by atoms with Crippen LogP contribution in [0.15, 0.2) is 103 Å². The maximum atomic E-state index is 13.0. The van der Waals surface area contributed by atoms with E-state index in [9.17, 15) is 61.8 Å². The molecule has 4 radical (unpaired) electrons. The third-order valence-corrected chi connectivity index (χ3v) is 10.4. The number of fused-ring (bicyclic) bond motifs is 2. The van der Waals surface area contributed by atoms with Gasteiger partial charge in [0.2, 0.25) is 0 Å². The van der Waals surface area contributed by atoms with Crippen LogP contribution in [0.1, 0.15) is 10.4 Å². The minimum Gasteiger partial charge on any atom is -0.505 e. The number of carbonyl (C=O) groups excluding carboxylic acids is 1. The Morgan fingerprint density at radius 2 is 1.23 bits per heavy atom. The molecule has 0 aliphatic heterocycles. The Labute approximate surface area is 390 Å². The summed E-state index contributed by atoms with van der Waals surface area (Å²) in [5, 5.41) is 19.1. The zero-order valence-electron chi connectivity index (χ0n) is 27.9. The minimum absolute atomic E-state index is 0. The maximum Gasteiger partial charge on any atom is 0.297 e. The Hall–Kier alpha value is -1.07. The molecule has 0 spiro atoms. The van der Waals surface area contributed by atoms with Crippen molar-refractivity contribution in [3.8, 4) is 5.75 Å². The average Bonchev–Trinajstić information content (AvgIpc) is 2.97. The first-order valence-corrected chi connectivity index (χ1v) is 18.7. The molecule has 0 unspecified atom stereocenters. The van der Waals surface area contributed by atoms with Crippen LogP contribution in [-0.4, -0.2) is 181 Å². The van der Waals surface area contributed by atoms with Crippen LogP contribution < -0.4 is 11.1 Å². The van der Waals surface area contributed by atoms with E-state index >= 15 is 0 Å². The molecule has 1 amide bonds. The zero-order valence-corrected chi connectivity index (χ0v) is 39.2. The predicted molar refractivity (Wildman–Crippen MR) is 195 cm³/mol. The number of nitrogens with zero attached hydrogens (tertiary/aromatic N) is 2. The molecule has 0 aliphatic carbocycles. The first-order chi connectivity index (χ1) is 22.6. The van der Waals surface area contributed by atoms with Crippen molar-refractivity contribution in [2.45, 2.75) is 19.6 Å². The molecule has 26 heteroatoms. The van der Waals surface area contributed by atoms with Crippen LogP contribution in [0, 0.1) is 0 Å². The number of amides is 1. The van der Waals surface area contributed by atoms with Gasteiger partial charge in [0.1, 0.15) is 26.1 Å². The summed E-state index contributed by atoms with van der Waals surface area (Å²) >= 11 is 0. The van der Waals surface area contributed by atoms with Crippen LogP contribution in [0.25, 0.3) is 21.5 Å². The summed E-state index contributed by atoms with van der Waals surface area (Å²) in [6, 6.07) is 12.2. The molecule has 53 heavy (non-hydrogen) atoms. The smallest absolute Gasteiger partial charge is 0.297 e. The third-order valence-electron chi connectivity index (χ3n) is 6.87. The van der Waals surface area contributed by atoms with E-state index in [0.29, 0.717) is 23.9 Å². The van der Waals surface area contributed by atoms with Gasteiger partial charge in [0, 0.05) is 146 Å². The molecule has 0 aromatic heterocycles. The van der Waals surface area contributed by atoms with Gasteiger partial charge >= 0.3 is 0 Å². The summed E-state index contributed by atoms with van der Waals surface area (Å²) in [7, 11) is -20.6. The molecule has 18 nitrogen and oxygen atoms in total.